The van der Waals surface area contributed by atoms with Gasteiger partial charge in [0.25, 0.3) is 5.91 Å². The summed E-state index contributed by atoms with van der Waals surface area (Å²) in [6, 6.07) is 11.4. The molecule has 0 aliphatic carbocycles. The molecule has 0 heterocycles. The van der Waals surface area contributed by atoms with Gasteiger partial charge >= 0.3 is 0 Å². The van der Waals surface area contributed by atoms with Crippen LogP contribution in [-0.2, 0) is 6.54 Å². The Labute approximate surface area is 130 Å². The van der Waals surface area contributed by atoms with Crippen molar-refractivity contribution >= 4 is 33.4 Å². The minimum Gasteiger partial charge on any atom is -0.337 e. The van der Waals surface area contributed by atoms with E-state index in [1.807, 2.05) is 18.2 Å². The molecule has 2 aromatic rings. The minimum atomic E-state index is -0.442. The Morgan fingerprint density at radius 1 is 1.30 bits per heavy atom. The first kappa shape index (κ1) is 15.0. The van der Waals surface area contributed by atoms with E-state index in [1.54, 1.807) is 13.1 Å². The number of halogens is 3. The first-order valence-electron chi connectivity index (χ1n) is 5.93. The Balaban J connectivity index is 2.21. The SMILES string of the molecule is CN(Cc1ccccc1Cl)C(=O)c1cc(F)ccc1Br. The molecule has 0 aromatic heterocycles. The number of benzene rings is 2. The number of nitrogens with zero attached hydrogens (tertiary/aromatic N) is 1. The predicted octanol–water partition coefficient (Wildman–Crippen LogP) is 4.51. The zero-order valence-corrected chi connectivity index (χ0v) is 13.1. The molecule has 0 N–H and O–H groups in total. The molecule has 20 heavy (non-hydrogen) atoms. The van der Waals surface area contributed by atoms with Gasteiger partial charge in [0.1, 0.15) is 5.82 Å². The van der Waals surface area contributed by atoms with E-state index in [0.29, 0.717) is 21.6 Å². The van der Waals surface area contributed by atoms with Crippen molar-refractivity contribution in [2.24, 2.45) is 0 Å². The van der Waals surface area contributed by atoms with Crippen molar-refractivity contribution in [1.82, 2.24) is 4.90 Å². The number of carbonyl (C=O) groups is 1. The minimum absolute atomic E-state index is 0.267. The number of rotatable bonds is 3. The summed E-state index contributed by atoms with van der Waals surface area (Å²) in [6.07, 6.45) is 0. The van der Waals surface area contributed by atoms with E-state index in [9.17, 15) is 9.18 Å². The number of hydrogen-bond acceptors (Lipinski definition) is 1. The largest absolute Gasteiger partial charge is 0.337 e. The van der Waals surface area contributed by atoms with Crippen LogP contribution in [-0.4, -0.2) is 17.9 Å². The smallest absolute Gasteiger partial charge is 0.255 e. The van der Waals surface area contributed by atoms with Crippen molar-refractivity contribution in [1.29, 1.82) is 0 Å². The van der Waals surface area contributed by atoms with Gasteiger partial charge in [-0.15, -0.1) is 0 Å². The van der Waals surface area contributed by atoms with Gasteiger partial charge in [-0.1, -0.05) is 29.8 Å². The van der Waals surface area contributed by atoms with E-state index in [1.165, 1.54) is 23.1 Å². The summed E-state index contributed by atoms with van der Waals surface area (Å²) >= 11 is 9.33. The van der Waals surface area contributed by atoms with E-state index in [2.05, 4.69) is 15.9 Å². The quantitative estimate of drug-likeness (QED) is 0.792. The Kier molecular flexibility index (Phi) is 4.78. The third kappa shape index (κ3) is 3.38. The van der Waals surface area contributed by atoms with Crippen LogP contribution in [0.5, 0.6) is 0 Å². The van der Waals surface area contributed by atoms with Crippen molar-refractivity contribution in [3.05, 3.63) is 68.9 Å². The van der Waals surface area contributed by atoms with Crippen LogP contribution in [0.25, 0.3) is 0 Å². The first-order chi connectivity index (χ1) is 9.49. The third-order valence-corrected chi connectivity index (χ3v) is 3.93. The van der Waals surface area contributed by atoms with Crippen LogP contribution in [0.15, 0.2) is 46.9 Å². The Morgan fingerprint density at radius 3 is 2.70 bits per heavy atom. The topological polar surface area (TPSA) is 20.3 Å². The predicted molar refractivity (Wildman–Crippen MR) is 81.3 cm³/mol. The van der Waals surface area contributed by atoms with Gasteiger partial charge in [0.15, 0.2) is 0 Å². The number of carbonyl (C=O) groups excluding carboxylic acids is 1. The van der Waals surface area contributed by atoms with Crippen LogP contribution in [0.2, 0.25) is 5.02 Å². The Morgan fingerprint density at radius 2 is 2.00 bits per heavy atom. The van der Waals surface area contributed by atoms with Crippen molar-refractivity contribution in [2.75, 3.05) is 7.05 Å². The van der Waals surface area contributed by atoms with Gasteiger partial charge in [-0.05, 0) is 45.8 Å². The molecular formula is C15H12BrClFNO. The zero-order valence-electron chi connectivity index (χ0n) is 10.7. The van der Waals surface area contributed by atoms with E-state index < -0.39 is 5.82 Å². The molecule has 2 aromatic carbocycles. The highest BCUT2D eigenvalue weighted by molar-refractivity contribution is 9.10. The normalized spacial score (nSPS) is 10.4. The fourth-order valence-corrected chi connectivity index (χ4v) is 2.43. The maximum absolute atomic E-state index is 13.2. The lowest BCUT2D eigenvalue weighted by Gasteiger charge is -2.18. The highest BCUT2D eigenvalue weighted by Crippen LogP contribution is 2.21. The summed E-state index contributed by atoms with van der Waals surface area (Å²) in [6.45, 7) is 0.363. The van der Waals surface area contributed by atoms with Crippen LogP contribution in [0, 0.1) is 5.82 Å². The maximum Gasteiger partial charge on any atom is 0.255 e. The molecule has 0 saturated heterocycles. The second-order valence-electron chi connectivity index (χ2n) is 4.38. The van der Waals surface area contributed by atoms with Crippen molar-refractivity contribution in [3.8, 4) is 0 Å². The molecule has 0 aliphatic heterocycles. The van der Waals surface area contributed by atoms with Crippen LogP contribution in [0.3, 0.4) is 0 Å². The van der Waals surface area contributed by atoms with E-state index in [-0.39, 0.29) is 5.91 Å². The summed E-state index contributed by atoms with van der Waals surface area (Å²) < 4.78 is 13.8. The summed E-state index contributed by atoms with van der Waals surface area (Å²) in [5.74, 6) is -0.709. The van der Waals surface area contributed by atoms with Crippen molar-refractivity contribution < 1.29 is 9.18 Å². The van der Waals surface area contributed by atoms with Gasteiger partial charge in [-0.25, -0.2) is 4.39 Å². The molecule has 0 saturated carbocycles. The molecule has 5 heteroatoms. The highest BCUT2D eigenvalue weighted by Gasteiger charge is 2.16. The monoisotopic (exact) mass is 355 g/mol. The molecule has 2 rings (SSSR count). The molecule has 0 aliphatic rings. The second-order valence-corrected chi connectivity index (χ2v) is 5.64. The molecule has 0 atom stereocenters. The lowest BCUT2D eigenvalue weighted by molar-refractivity contribution is 0.0783. The fraction of sp³-hybridized carbons (Fsp3) is 0.133. The van der Waals surface area contributed by atoms with Crippen molar-refractivity contribution in [2.45, 2.75) is 6.54 Å². The molecule has 0 spiro atoms. The van der Waals surface area contributed by atoms with Crippen LogP contribution in [0.4, 0.5) is 4.39 Å². The summed E-state index contributed by atoms with van der Waals surface area (Å²) in [5, 5.41) is 0.602. The molecule has 0 unspecified atom stereocenters. The van der Waals surface area contributed by atoms with Gasteiger partial charge in [0.2, 0.25) is 0 Å². The van der Waals surface area contributed by atoms with Crippen LogP contribution in [0.1, 0.15) is 15.9 Å². The Hall–Kier alpha value is -1.39. The number of hydrogen-bond donors (Lipinski definition) is 0. The van der Waals surface area contributed by atoms with Gasteiger partial charge in [0, 0.05) is 23.1 Å². The van der Waals surface area contributed by atoms with E-state index in [4.69, 9.17) is 11.6 Å². The highest BCUT2D eigenvalue weighted by atomic mass is 79.9. The maximum atomic E-state index is 13.2. The van der Waals surface area contributed by atoms with Gasteiger partial charge in [-0.2, -0.15) is 0 Å². The summed E-state index contributed by atoms with van der Waals surface area (Å²) in [4.78, 5) is 13.8. The van der Waals surface area contributed by atoms with Crippen LogP contribution < -0.4 is 0 Å². The average molecular weight is 357 g/mol. The van der Waals surface area contributed by atoms with Crippen molar-refractivity contribution in [3.63, 3.8) is 0 Å². The molecule has 1 amide bonds. The lowest BCUT2D eigenvalue weighted by atomic mass is 10.1. The standard InChI is InChI=1S/C15H12BrClFNO/c1-19(9-10-4-2-3-5-14(10)17)15(20)12-8-11(18)6-7-13(12)16/h2-8H,9H2,1H3. The lowest BCUT2D eigenvalue weighted by Crippen LogP contribution is -2.26. The van der Waals surface area contributed by atoms with Gasteiger partial charge in [-0.3, -0.25) is 4.79 Å². The molecule has 0 bridgehead atoms. The second kappa shape index (κ2) is 6.37. The fourth-order valence-electron chi connectivity index (χ4n) is 1.82. The van der Waals surface area contributed by atoms with E-state index >= 15 is 0 Å². The van der Waals surface area contributed by atoms with Gasteiger partial charge < -0.3 is 4.90 Å². The molecule has 0 radical (unpaired) electrons. The summed E-state index contributed by atoms with van der Waals surface area (Å²) in [7, 11) is 1.66. The van der Waals surface area contributed by atoms with E-state index in [0.717, 1.165) is 5.56 Å². The van der Waals surface area contributed by atoms with Gasteiger partial charge in [0.05, 0.1) is 5.56 Å². The third-order valence-electron chi connectivity index (χ3n) is 2.87. The summed E-state index contributed by atoms with van der Waals surface area (Å²) in [5.41, 5.74) is 1.14. The Bertz CT molecular complexity index is 648. The first-order valence-corrected chi connectivity index (χ1v) is 7.10. The molecule has 2 nitrogen and oxygen atoms in total. The molecular weight excluding hydrogens is 345 g/mol. The molecule has 0 fully saturated rings. The number of amides is 1. The molecule has 104 valence electrons. The van der Waals surface area contributed by atoms with Crippen LogP contribution >= 0.6 is 27.5 Å². The zero-order chi connectivity index (χ0) is 14.7. The average Bonchev–Trinajstić information content (AvgIpc) is 2.43.